The first-order valence-corrected chi connectivity index (χ1v) is 8.54. The smallest absolute Gasteiger partial charge is 0.255 e. The van der Waals surface area contributed by atoms with Gasteiger partial charge < -0.3 is 15.3 Å². The van der Waals surface area contributed by atoms with Crippen LogP contribution in [0.4, 0.5) is 5.69 Å². The number of hydrogen-bond donors (Lipinski definition) is 2. The van der Waals surface area contributed by atoms with Gasteiger partial charge in [-0.15, -0.1) is 0 Å². The Labute approximate surface area is 147 Å². The third kappa shape index (κ3) is 4.06. The van der Waals surface area contributed by atoms with Crippen LogP contribution in [0.15, 0.2) is 54.6 Å². The zero-order valence-electron chi connectivity index (χ0n) is 14.0. The summed E-state index contributed by atoms with van der Waals surface area (Å²) in [5, 5.41) is 12.1. The van der Waals surface area contributed by atoms with Gasteiger partial charge in [0.15, 0.2) is 0 Å². The number of aliphatic hydroxyl groups is 1. The summed E-state index contributed by atoms with van der Waals surface area (Å²) in [5.41, 5.74) is 1.56. The molecule has 3 rings (SSSR count). The SMILES string of the molecule is O=C(Nc1ccccc1C(=O)N1CCC(CO)CC1)c1ccccc1. The van der Waals surface area contributed by atoms with Crippen molar-refractivity contribution in [3.63, 3.8) is 0 Å². The zero-order valence-corrected chi connectivity index (χ0v) is 14.0. The molecule has 0 saturated carbocycles. The Hall–Kier alpha value is -2.66. The molecule has 0 radical (unpaired) electrons. The second-order valence-electron chi connectivity index (χ2n) is 6.28. The van der Waals surface area contributed by atoms with Crippen molar-refractivity contribution in [1.82, 2.24) is 4.90 Å². The van der Waals surface area contributed by atoms with Crippen LogP contribution in [0.5, 0.6) is 0 Å². The fourth-order valence-electron chi connectivity index (χ4n) is 3.05. The van der Waals surface area contributed by atoms with E-state index in [-0.39, 0.29) is 24.3 Å². The summed E-state index contributed by atoms with van der Waals surface area (Å²) >= 11 is 0. The van der Waals surface area contributed by atoms with Gasteiger partial charge in [0.25, 0.3) is 11.8 Å². The molecule has 0 aromatic heterocycles. The van der Waals surface area contributed by atoms with Gasteiger partial charge >= 0.3 is 0 Å². The van der Waals surface area contributed by atoms with Gasteiger partial charge in [-0.25, -0.2) is 0 Å². The molecular formula is C20H22N2O3. The minimum Gasteiger partial charge on any atom is -0.396 e. The second kappa shape index (κ2) is 7.94. The first kappa shape index (κ1) is 17.2. The molecule has 5 nitrogen and oxygen atoms in total. The molecule has 130 valence electrons. The number of benzene rings is 2. The largest absolute Gasteiger partial charge is 0.396 e. The molecule has 0 unspecified atom stereocenters. The molecule has 0 spiro atoms. The van der Waals surface area contributed by atoms with Gasteiger partial charge in [-0.05, 0) is 43.0 Å². The predicted octanol–water partition coefficient (Wildman–Crippen LogP) is 2.78. The van der Waals surface area contributed by atoms with Crippen LogP contribution in [0, 0.1) is 5.92 Å². The zero-order chi connectivity index (χ0) is 17.6. The van der Waals surface area contributed by atoms with Crippen LogP contribution in [-0.2, 0) is 0 Å². The highest BCUT2D eigenvalue weighted by molar-refractivity contribution is 6.09. The molecule has 0 aliphatic carbocycles. The Kier molecular flexibility index (Phi) is 5.46. The van der Waals surface area contributed by atoms with E-state index in [4.69, 9.17) is 0 Å². The summed E-state index contributed by atoms with van der Waals surface area (Å²) in [7, 11) is 0. The molecule has 1 aliphatic heterocycles. The van der Waals surface area contributed by atoms with E-state index in [2.05, 4.69) is 5.32 Å². The van der Waals surface area contributed by atoms with E-state index < -0.39 is 0 Å². The maximum absolute atomic E-state index is 12.8. The minimum atomic E-state index is -0.236. The lowest BCUT2D eigenvalue weighted by Crippen LogP contribution is -2.39. The first-order chi connectivity index (χ1) is 12.2. The van der Waals surface area contributed by atoms with Crippen molar-refractivity contribution in [2.45, 2.75) is 12.8 Å². The van der Waals surface area contributed by atoms with E-state index in [1.807, 2.05) is 6.07 Å². The standard InChI is InChI=1S/C20H22N2O3/c23-14-15-10-12-22(13-11-15)20(25)17-8-4-5-9-18(17)21-19(24)16-6-2-1-3-7-16/h1-9,15,23H,10-14H2,(H,21,24). The van der Waals surface area contributed by atoms with E-state index in [0.717, 1.165) is 12.8 Å². The lowest BCUT2D eigenvalue weighted by atomic mass is 9.97. The number of hydrogen-bond acceptors (Lipinski definition) is 3. The van der Waals surface area contributed by atoms with Crippen LogP contribution in [0.3, 0.4) is 0 Å². The van der Waals surface area contributed by atoms with Crippen LogP contribution in [0.2, 0.25) is 0 Å². The van der Waals surface area contributed by atoms with E-state index in [9.17, 15) is 14.7 Å². The first-order valence-electron chi connectivity index (χ1n) is 8.54. The molecule has 1 saturated heterocycles. The van der Waals surface area contributed by atoms with E-state index in [1.165, 1.54) is 0 Å². The Morgan fingerprint density at radius 2 is 1.64 bits per heavy atom. The maximum Gasteiger partial charge on any atom is 0.255 e. The summed E-state index contributed by atoms with van der Waals surface area (Å²) in [4.78, 5) is 27.0. The number of likely N-dealkylation sites (tertiary alicyclic amines) is 1. The van der Waals surface area contributed by atoms with Crippen LogP contribution in [0.1, 0.15) is 33.6 Å². The van der Waals surface area contributed by atoms with Crippen molar-refractivity contribution >= 4 is 17.5 Å². The number of carbonyl (C=O) groups excluding carboxylic acids is 2. The van der Waals surface area contributed by atoms with Gasteiger partial charge in [0.05, 0.1) is 11.3 Å². The van der Waals surface area contributed by atoms with Crippen LogP contribution < -0.4 is 5.32 Å². The lowest BCUT2D eigenvalue weighted by molar-refractivity contribution is 0.0652. The molecule has 0 bridgehead atoms. The molecule has 2 aromatic carbocycles. The summed E-state index contributed by atoms with van der Waals surface area (Å²) in [5.74, 6) is -0.0442. The van der Waals surface area contributed by atoms with Crippen LogP contribution in [-0.4, -0.2) is 41.5 Å². The average molecular weight is 338 g/mol. The summed E-state index contributed by atoms with van der Waals surface area (Å²) in [6, 6.07) is 16.0. The number of para-hydroxylation sites is 1. The highest BCUT2D eigenvalue weighted by atomic mass is 16.3. The van der Waals surface area contributed by atoms with E-state index in [0.29, 0.717) is 29.9 Å². The van der Waals surface area contributed by atoms with Crippen LogP contribution in [0.25, 0.3) is 0 Å². The third-order valence-corrected chi connectivity index (χ3v) is 4.60. The fourth-order valence-corrected chi connectivity index (χ4v) is 3.05. The molecule has 1 aliphatic rings. The molecule has 5 heteroatoms. The Bertz CT molecular complexity index is 738. The van der Waals surface area contributed by atoms with Crippen molar-refractivity contribution in [1.29, 1.82) is 0 Å². The Morgan fingerprint density at radius 3 is 2.32 bits per heavy atom. The van der Waals surface area contributed by atoms with Crippen molar-refractivity contribution in [2.24, 2.45) is 5.92 Å². The number of rotatable bonds is 4. The van der Waals surface area contributed by atoms with Crippen molar-refractivity contribution in [3.05, 3.63) is 65.7 Å². The normalized spacial score (nSPS) is 15.0. The molecule has 0 atom stereocenters. The highest BCUT2D eigenvalue weighted by Gasteiger charge is 2.25. The molecule has 1 heterocycles. The van der Waals surface area contributed by atoms with Gasteiger partial charge in [-0.1, -0.05) is 30.3 Å². The molecule has 2 amide bonds. The number of carbonyl (C=O) groups is 2. The molecular weight excluding hydrogens is 316 g/mol. The number of nitrogens with zero attached hydrogens (tertiary/aromatic N) is 1. The van der Waals surface area contributed by atoms with Gasteiger partial charge in [-0.3, -0.25) is 9.59 Å². The lowest BCUT2D eigenvalue weighted by Gasteiger charge is -2.31. The fraction of sp³-hybridized carbons (Fsp3) is 0.300. The highest BCUT2D eigenvalue weighted by Crippen LogP contribution is 2.22. The Morgan fingerprint density at radius 1 is 1.00 bits per heavy atom. The van der Waals surface area contributed by atoms with Gasteiger partial charge in [0, 0.05) is 25.3 Å². The summed E-state index contributed by atoms with van der Waals surface area (Å²) < 4.78 is 0. The van der Waals surface area contributed by atoms with Gasteiger partial charge in [-0.2, -0.15) is 0 Å². The predicted molar refractivity (Wildman–Crippen MR) is 96.6 cm³/mol. The minimum absolute atomic E-state index is 0.0830. The monoisotopic (exact) mass is 338 g/mol. The quantitative estimate of drug-likeness (QED) is 0.901. The van der Waals surface area contributed by atoms with Gasteiger partial charge in [0.1, 0.15) is 0 Å². The van der Waals surface area contributed by atoms with E-state index in [1.54, 1.807) is 53.4 Å². The molecule has 2 aromatic rings. The van der Waals surface area contributed by atoms with Gasteiger partial charge in [0.2, 0.25) is 0 Å². The number of anilines is 1. The number of aliphatic hydroxyl groups excluding tert-OH is 1. The summed E-state index contributed by atoms with van der Waals surface area (Å²) in [6.45, 7) is 1.43. The summed E-state index contributed by atoms with van der Waals surface area (Å²) in [6.07, 6.45) is 1.61. The molecule has 25 heavy (non-hydrogen) atoms. The second-order valence-corrected chi connectivity index (χ2v) is 6.28. The van der Waals surface area contributed by atoms with Crippen molar-refractivity contribution < 1.29 is 14.7 Å². The topological polar surface area (TPSA) is 69.6 Å². The van der Waals surface area contributed by atoms with Crippen molar-refractivity contribution in [3.8, 4) is 0 Å². The number of amides is 2. The number of piperidine rings is 1. The molecule has 2 N–H and O–H groups in total. The average Bonchev–Trinajstić information content (AvgIpc) is 2.68. The van der Waals surface area contributed by atoms with Crippen LogP contribution >= 0.6 is 0 Å². The van der Waals surface area contributed by atoms with E-state index >= 15 is 0 Å². The third-order valence-electron chi connectivity index (χ3n) is 4.60. The van der Waals surface area contributed by atoms with Crippen molar-refractivity contribution in [2.75, 3.05) is 25.0 Å². The maximum atomic E-state index is 12.8. The number of nitrogens with one attached hydrogen (secondary N) is 1. The molecule has 1 fully saturated rings. The Balaban J connectivity index is 1.75.